The van der Waals surface area contributed by atoms with E-state index in [0.717, 1.165) is 11.1 Å². The molecular weight excluding hydrogens is 252 g/mol. The lowest BCUT2D eigenvalue weighted by Crippen LogP contribution is -2.26. The van der Waals surface area contributed by atoms with Gasteiger partial charge >= 0.3 is 0 Å². The summed E-state index contributed by atoms with van der Waals surface area (Å²) in [7, 11) is 1.71. The molecule has 4 heteroatoms. The van der Waals surface area contributed by atoms with E-state index in [2.05, 4.69) is 0 Å². The Morgan fingerprint density at radius 3 is 2.60 bits per heavy atom. The predicted molar refractivity (Wildman–Crippen MR) is 79.5 cm³/mol. The third-order valence-corrected chi connectivity index (χ3v) is 3.23. The fourth-order valence-electron chi connectivity index (χ4n) is 2.10. The van der Waals surface area contributed by atoms with Gasteiger partial charge in [0.2, 0.25) is 0 Å². The molecule has 0 aromatic heterocycles. The average molecular weight is 270 g/mol. The molecule has 0 atom stereocenters. The summed E-state index contributed by atoms with van der Waals surface area (Å²) in [5.41, 5.74) is 8.52. The van der Waals surface area contributed by atoms with E-state index in [1.165, 1.54) is 0 Å². The first kappa shape index (κ1) is 13.9. The molecule has 2 aromatic rings. The molecule has 104 valence electrons. The van der Waals surface area contributed by atoms with E-state index >= 15 is 0 Å². The molecule has 20 heavy (non-hydrogen) atoms. The quantitative estimate of drug-likeness (QED) is 0.842. The van der Waals surface area contributed by atoms with Gasteiger partial charge in [0.1, 0.15) is 5.75 Å². The van der Waals surface area contributed by atoms with Gasteiger partial charge in [0.15, 0.2) is 0 Å². The van der Waals surface area contributed by atoms with Gasteiger partial charge in [-0.25, -0.2) is 0 Å². The normalized spacial score (nSPS) is 10.3. The number of carbonyl (C=O) groups is 1. The molecule has 0 saturated heterocycles. The Labute approximate surface area is 118 Å². The van der Waals surface area contributed by atoms with Crippen molar-refractivity contribution in [1.29, 1.82) is 0 Å². The molecule has 2 aromatic carbocycles. The fourth-order valence-corrected chi connectivity index (χ4v) is 2.10. The largest absolute Gasteiger partial charge is 0.508 e. The molecule has 0 heterocycles. The Bertz CT molecular complexity index is 638. The zero-order chi connectivity index (χ0) is 14.7. The van der Waals surface area contributed by atoms with Gasteiger partial charge in [-0.15, -0.1) is 0 Å². The maximum absolute atomic E-state index is 12.4. The molecule has 0 aliphatic rings. The second-order valence-electron chi connectivity index (χ2n) is 4.86. The minimum Gasteiger partial charge on any atom is -0.508 e. The number of phenols is 1. The third kappa shape index (κ3) is 2.91. The van der Waals surface area contributed by atoms with Crippen LogP contribution in [-0.4, -0.2) is 23.0 Å². The predicted octanol–water partition coefficient (Wildman–Crippen LogP) is 2.56. The number of hydrogen-bond donors (Lipinski definition) is 2. The Kier molecular flexibility index (Phi) is 3.94. The lowest BCUT2D eigenvalue weighted by Gasteiger charge is -2.19. The van der Waals surface area contributed by atoms with Crippen LogP contribution in [0.15, 0.2) is 42.5 Å². The summed E-state index contributed by atoms with van der Waals surface area (Å²) < 4.78 is 0. The van der Waals surface area contributed by atoms with E-state index in [9.17, 15) is 9.90 Å². The summed E-state index contributed by atoms with van der Waals surface area (Å²) in [6.07, 6.45) is 0. The van der Waals surface area contributed by atoms with E-state index in [-0.39, 0.29) is 11.7 Å². The van der Waals surface area contributed by atoms with Gasteiger partial charge in [-0.05, 0) is 36.8 Å². The number of para-hydroxylation sites is 1. The fraction of sp³-hybridized carbons (Fsp3) is 0.188. The minimum atomic E-state index is -0.0919. The van der Waals surface area contributed by atoms with E-state index in [1.807, 2.05) is 13.0 Å². The van der Waals surface area contributed by atoms with Crippen molar-refractivity contribution in [1.82, 2.24) is 4.90 Å². The minimum absolute atomic E-state index is 0.0919. The van der Waals surface area contributed by atoms with Crippen molar-refractivity contribution in [3.8, 4) is 5.75 Å². The third-order valence-electron chi connectivity index (χ3n) is 3.23. The summed E-state index contributed by atoms with van der Waals surface area (Å²) in [6, 6.07) is 12.2. The molecule has 1 amide bonds. The SMILES string of the molecule is Cc1cc(N)ccc1C(=O)N(C)Cc1ccccc1O. The van der Waals surface area contributed by atoms with Crippen molar-refractivity contribution in [3.63, 3.8) is 0 Å². The number of benzene rings is 2. The molecule has 0 unspecified atom stereocenters. The Morgan fingerprint density at radius 1 is 1.25 bits per heavy atom. The molecule has 0 bridgehead atoms. The number of aryl methyl sites for hydroxylation is 1. The highest BCUT2D eigenvalue weighted by atomic mass is 16.3. The second kappa shape index (κ2) is 5.65. The Hall–Kier alpha value is -2.49. The number of hydrogen-bond acceptors (Lipinski definition) is 3. The number of rotatable bonds is 3. The standard InChI is InChI=1S/C16H18N2O2/c1-11-9-13(17)7-8-14(11)16(20)18(2)10-12-5-3-4-6-15(12)19/h3-9,19H,10,17H2,1-2H3. The zero-order valence-electron chi connectivity index (χ0n) is 11.6. The van der Waals surface area contributed by atoms with E-state index in [1.54, 1.807) is 48.3 Å². The summed E-state index contributed by atoms with van der Waals surface area (Å²) in [6.45, 7) is 2.22. The first-order chi connectivity index (χ1) is 9.49. The summed E-state index contributed by atoms with van der Waals surface area (Å²) in [4.78, 5) is 14.0. The van der Waals surface area contributed by atoms with Crippen molar-refractivity contribution < 1.29 is 9.90 Å². The van der Waals surface area contributed by atoms with Crippen molar-refractivity contribution in [2.75, 3.05) is 12.8 Å². The van der Waals surface area contributed by atoms with Gasteiger partial charge in [0.25, 0.3) is 5.91 Å². The first-order valence-corrected chi connectivity index (χ1v) is 6.37. The Balaban J connectivity index is 2.19. The molecule has 4 nitrogen and oxygen atoms in total. The number of phenolic OH excluding ortho intramolecular Hbond substituents is 1. The van der Waals surface area contributed by atoms with Crippen LogP contribution in [0.4, 0.5) is 5.69 Å². The molecule has 0 saturated carbocycles. The number of nitrogen functional groups attached to an aromatic ring is 1. The van der Waals surface area contributed by atoms with Crippen molar-refractivity contribution in [2.45, 2.75) is 13.5 Å². The van der Waals surface area contributed by atoms with Crippen LogP contribution in [-0.2, 0) is 6.54 Å². The highest BCUT2D eigenvalue weighted by Gasteiger charge is 2.15. The summed E-state index contributed by atoms with van der Waals surface area (Å²) >= 11 is 0. The lowest BCUT2D eigenvalue weighted by molar-refractivity contribution is 0.0783. The molecule has 2 rings (SSSR count). The zero-order valence-corrected chi connectivity index (χ0v) is 11.6. The van der Waals surface area contributed by atoms with Crippen LogP contribution in [0.1, 0.15) is 21.5 Å². The number of anilines is 1. The van der Waals surface area contributed by atoms with Crippen molar-refractivity contribution >= 4 is 11.6 Å². The summed E-state index contributed by atoms with van der Waals surface area (Å²) in [5.74, 6) is 0.104. The molecular formula is C16H18N2O2. The molecule has 0 spiro atoms. The molecule has 0 aliphatic heterocycles. The topological polar surface area (TPSA) is 66.6 Å². The smallest absolute Gasteiger partial charge is 0.254 e. The van der Waals surface area contributed by atoms with E-state index in [4.69, 9.17) is 5.73 Å². The molecule has 0 aliphatic carbocycles. The van der Waals surface area contributed by atoms with Gasteiger partial charge in [-0.3, -0.25) is 4.79 Å². The van der Waals surface area contributed by atoms with Crippen molar-refractivity contribution in [3.05, 3.63) is 59.2 Å². The van der Waals surface area contributed by atoms with Crippen LogP contribution >= 0.6 is 0 Å². The molecule has 3 N–H and O–H groups in total. The van der Waals surface area contributed by atoms with Gasteiger partial charge in [0.05, 0.1) is 0 Å². The monoisotopic (exact) mass is 270 g/mol. The lowest BCUT2D eigenvalue weighted by atomic mass is 10.1. The van der Waals surface area contributed by atoms with Gasteiger partial charge in [0, 0.05) is 30.4 Å². The Morgan fingerprint density at radius 2 is 1.95 bits per heavy atom. The number of nitrogens with two attached hydrogens (primary N) is 1. The van der Waals surface area contributed by atoms with Crippen LogP contribution in [0.3, 0.4) is 0 Å². The number of amides is 1. The number of aromatic hydroxyl groups is 1. The van der Waals surface area contributed by atoms with Crippen LogP contribution in [0.25, 0.3) is 0 Å². The number of nitrogens with zero attached hydrogens (tertiary/aromatic N) is 1. The number of carbonyl (C=O) groups excluding carboxylic acids is 1. The molecule has 0 radical (unpaired) electrons. The van der Waals surface area contributed by atoms with Crippen molar-refractivity contribution in [2.24, 2.45) is 0 Å². The second-order valence-corrected chi connectivity index (χ2v) is 4.86. The highest BCUT2D eigenvalue weighted by molar-refractivity contribution is 5.95. The van der Waals surface area contributed by atoms with E-state index in [0.29, 0.717) is 17.8 Å². The maximum atomic E-state index is 12.4. The molecule has 0 fully saturated rings. The van der Waals surface area contributed by atoms with Gasteiger partial charge in [-0.2, -0.15) is 0 Å². The van der Waals surface area contributed by atoms with Crippen LogP contribution in [0.2, 0.25) is 0 Å². The van der Waals surface area contributed by atoms with E-state index < -0.39 is 0 Å². The maximum Gasteiger partial charge on any atom is 0.254 e. The highest BCUT2D eigenvalue weighted by Crippen LogP contribution is 2.19. The van der Waals surface area contributed by atoms with Crippen LogP contribution < -0.4 is 5.73 Å². The van der Waals surface area contributed by atoms with Gasteiger partial charge < -0.3 is 15.7 Å². The summed E-state index contributed by atoms with van der Waals surface area (Å²) in [5, 5.41) is 9.75. The van der Waals surface area contributed by atoms with Crippen LogP contribution in [0, 0.1) is 6.92 Å². The average Bonchev–Trinajstić information content (AvgIpc) is 2.40. The first-order valence-electron chi connectivity index (χ1n) is 6.37. The van der Waals surface area contributed by atoms with Crippen LogP contribution in [0.5, 0.6) is 5.75 Å². The van der Waals surface area contributed by atoms with Gasteiger partial charge in [-0.1, -0.05) is 18.2 Å².